The Hall–Kier alpha value is -1.35. The number of hydrogen-bond donors (Lipinski definition) is 2. The van der Waals surface area contributed by atoms with Gasteiger partial charge in [0.15, 0.2) is 0 Å². The SMILES string of the molecule is Cc1c(CN)cc2c(c1C)NC(=O)CC2. The Morgan fingerprint density at radius 3 is 2.73 bits per heavy atom. The summed E-state index contributed by atoms with van der Waals surface area (Å²) in [7, 11) is 0. The number of carbonyl (C=O) groups excluding carboxylic acids is 1. The van der Waals surface area contributed by atoms with Gasteiger partial charge in [0, 0.05) is 18.7 Å². The molecule has 15 heavy (non-hydrogen) atoms. The molecule has 0 aliphatic carbocycles. The van der Waals surface area contributed by atoms with E-state index in [1.165, 1.54) is 16.7 Å². The van der Waals surface area contributed by atoms with Crippen LogP contribution in [0.4, 0.5) is 5.69 Å². The molecule has 3 nitrogen and oxygen atoms in total. The monoisotopic (exact) mass is 204 g/mol. The number of benzene rings is 1. The molecule has 1 aromatic rings. The van der Waals surface area contributed by atoms with Crippen molar-refractivity contribution in [2.75, 3.05) is 5.32 Å². The zero-order valence-electron chi connectivity index (χ0n) is 9.18. The number of aryl methyl sites for hydroxylation is 1. The summed E-state index contributed by atoms with van der Waals surface area (Å²) in [5.74, 6) is 0.116. The Labute approximate surface area is 89.7 Å². The summed E-state index contributed by atoms with van der Waals surface area (Å²) >= 11 is 0. The van der Waals surface area contributed by atoms with Crippen LogP contribution in [-0.4, -0.2) is 5.91 Å². The van der Waals surface area contributed by atoms with Crippen LogP contribution >= 0.6 is 0 Å². The summed E-state index contributed by atoms with van der Waals surface area (Å²) in [5, 5.41) is 2.94. The summed E-state index contributed by atoms with van der Waals surface area (Å²) in [6.07, 6.45) is 1.41. The molecule has 0 radical (unpaired) electrons. The minimum atomic E-state index is 0.116. The number of hydrogen-bond acceptors (Lipinski definition) is 2. The van der Waals surface area contributed by atoms with Crippen LogP contribution in [-0.2, 0) is 17.8 Å². The third-order valence-electron chi connectivity index (χ3n) is 3.19. The zero-order valence-corrected chi connectivity index (χ0v) is 9.18. The number of nitrogens with one attached hydrogen (secondary N) is 1. The third-order valence-corrected chi connectivity index (χ3v) is 3.19. The maximum atomic E-state index is 11.3. The summed E-state index contributed by atoms with van der Waals surface area (Å²) < 4.78 is 0. The van der Waals surface area contributed by atoms with Crippen molar-refractivity contribution in [2.45, 2.75) is 33.2 Å². The van der Waals surface area contributed by atoms with E-state index in [4.69, 9.17) is 5.73 Å². The van der Waals surface area contributed by atoms with Gasteiger partial charge in [0.1, 0.15) is 0 Å². The maximum absolute atomic E-state index is 11.3. The van der Waals surface area contributed by atoms with E-state index < -0.39 is 0 Å². The second-order valence-corrected chi connectivity index (χ2v) is 4.07. The number of carbonyl (C=O) groups is 1. The van der Waals surface area contributed by atoms with E-state index in [-0.39, 0.29) is 5.91 Å². The van der Waals surface area contributed by atoms with Crippen LogP contribution in [0.2, 0.25) is 0 Å². The normalized spacial score (nSPS) is 14.7. The summed E-state index contributed by atoms with van der Waals surface area (Å²) in [6, 6.07) is 2.12. The smallest absolute Gasteiger partial charge is 0.224 e. The molecule has 3 heteroatoms. The highest BCUT2D eigenvalue weighted by molar-refractivity contribution is 5.95. The lowest BCUT2D eigenvalue weighted by atomic mass is 9.92. The molecule has 0 fully saturated rings. The first-order valence-corrected chi connectivity index (χ1v) is 5.25. The topological polar surface area (TPSA) is 55.1 Å². The molecule has 1 aliphatic heterocycles. The van der Waals surface area contributed by atoms with Crippen LogP contribution in [0.15, 0.2) is 6.07 Å². The van der Waals surface area contributed by atoms with Crippen molar-refractivity contribution in [3.05, 3.63) is 28.3 Å². The first-order chi connectivity index (χ1) is 7.13. The average molecular weight is 204 g/mol. The van der Waals surface area contributed by atoms with E-state index >= 15 is 0 Å². The van der Waals surface area contributed by atoms with Crippen molar-refractivity contribution in [2.24, 2.45) is 5.73 Å². The van der Waals surface area contributed by atoms with Crippen LogP contribution in [0.1, 0.15) is 28.7 Å². The van der Waals surface area contributed by atoms with Crippen molar-refractivity contribution in [3.63, 3.8) is 0 Å². The number of amides is 1. The van der Waals surface area contributed by atoms with Crippen LogP contribution in [0.25, 0.3) is 0 Å². The predicted octanol–water partition coefficient (Wildman–Crippen LogP) is 1.65. The van der Waals surface area contributed by atoms with E-state index in [1.54, 1.807) is 0 Å². The summed E-state index contributed by atoms with van der Waals surface area (Å²) in [6.45, 7) is 4.66. The Morgan fingerprint density at radius 1 is 1.33 bits per heavy atom. The van der Waals surface area contributed by atoms with Crippen LogP contribution in [0, 0.1) is 13.8 Å². The molecule has 1 heterocycles. The molecule has 0 spiro atoms. The first kappa shape index (κ1) is 10.2. The Kier molecular flexibility index (Phi) is 2.49. The Bertz CT molecular complexity index is 424. The van der Waals surface area contributed by atoms with Gasteiger partial charge in [-0.3, -0.25) is 4.79 Å². The molecule has 80 valence electrons. The first-order valence-electron chi connectivity index (χ1n) is 5.25. The van der Waals surface area contributed by atoms with E-state index in [2.05, 4.69) is 18.3 Å². The van der Waals surface area contributed by atoms with Gasteiger partial charge in [-0.15, -0.1) is 0 Å². The van der Waals surface area contributed by atoms with Crippen molar-refractivity contribution in [3.8, 4) is 0 Å². The lowest BCUT2D eigenvalue weighted by Crippen LogP contribution is -2.21. The van der Waals surface area contributed by atoms with E-state index in [1.807, 2.05) is 6.92 Å². The van der Waals surface area contributed by atoms with Crippen molar-refractivity contribution in [1.82, 2.24) is 0 Å². The van der Waals surface area contributed by atoms with Crippen molar-refractivity contribution < 1.29 is 4.79 Å². The van der Waals surface area contributed by atoms with E-state index in [0.717, 1.165) is 17.7 Å². The van der Waals surface area contributed by atoms with Crippen molar-refractivity contribution >= 4 is 11.6 Å². The van der Waals surface area contributed by atoms with Crippen LogP contribution < -0.4 is 11.1 Å². The highest BCUT2D eigenvalue weighted by Crippen LogP contribution is 2.30. The Balaban J connectivity index is 2.57. The van der Waals surface area contributed by atoms with Gasteiger partial charge in [0.05, 0.1) is 0 Å². The van der Waals surface area contributed by atoms with Gasteiger partial charge in [0.25, 0.3) is 0 Å². The second-order valence-electron chi connectivity index (χ2n) is 4.07. The number of nitrogens with two attached hydrogens (primary N) is 1. The van der Waals surface area contributed by atoms with Gasteiger partial charge >= 0.3 is 0 Å². The van der Waals surface area contributed by atoms with Gasteiger partial charge in [0.2, 0.25) is 5.91 Å². The van der Waals surface area contributed by atoms with Gasteiger partial charge in [-0.1, -0.05) is 6.07 Å². The largest absolute Gasteiger partial charge is 0.326 e. The minimum absolute atomic E-state index is 0.116. The molecule has 0 atom stereocenters. The maximum Gasteiger partial charge on any atom is 0.224 e. The molecule has 1 aromatic carbocycles. The summed E-state index contributed by atoms with van der Waals surface area (Å²) in [4.78, 5) is 11.3. The number of anilines is 1. The standard InChI is InChI=1S/C12H16N2O/c1-7-8(2)12-9(5-10(7)6-13)3-4-11(15)14-12/h5H,3-4,6,13H2,1-2H3,(H,14,15). The fraction of sp³-hybridized carbons (Fsp3) is 0.417. The zero-order chi connectivity index (χ0) is 11.0. The summed E-state index contributed by atoms with van der Waals surface area (Å²) in [5.41, 5.74) is 11.4. The van der Waals surface area contributed by atoms with Gasteiger partial charge in [-0.05, 0) is 42.5 Å². The van der Waals surface area contributed by atoms with Gasteiger partial charge < -0.3 is 11.1 Å². The molecular formula is C12H16N2O. The van der Waals surface area contributed by atoms with Crippen molar-refractivity contribution in [1.29, 1.82) is 0 Å². The number of rotatable bonds is 1. The van der Waals surface area contributed by atoms with E-state index in [0.29, 0.717) is 13.0 Å². The fourth-order valence-electron chi connectivity index (χ4n) is 2.09. The molecule has 0 aromatic heterocycles. The second kappa shape index (κ2) is 3.66. The highest BCUT2D eigenvalue weighted by atomic mass is 16.1. The lowest BCUT2D eigenvalue weighted by molar-refractivity contribution is -0.116. The van der Waals surface area contributed by atoms with Gasteiger partial charge in [-0.25, -0.2) is 0 Å². The van der Waals surface area contributed by atoms with E-state index in [9.17, 15) is 4.79 Å². The minimum Gasteiger partial charge on any atom is -0.326 e. The van der Waals surface area contributed by atoms with Crippen LogP contribution in [0.5, 0.6) is 0 Å². The fourth-order valence-corrected chi connectivity index (χ4v) is 2.09. The lowest BCUT2D eigenvalue weighted by Gasteiger charge is -2.22. The molecule has 0 unspecified atom stereocenters. The molecule has 3 N–H and O–H groups in total. The average Bonchev–Trinajstić information content (AvgIpc) is 2.24. The van der Waals surface area contributed by atoms with Crippen LogP contribution in [0.3, 0.4) is 0 Å². The molecule has 0 saturated heterocycles. The molecule has 0 bridgehead atoms. The molecule has 1 amide bonds. The molecule has 0 saturated carbocycles. The quantitative estimate of drug-likeness (QED) is 0.730. The predicted molar refractivity (Wildman–Crippen MR) is 60.8 cm³/mol. The molecule has 1 aliphatic rings. The third kappa shape index (κ3) is 1.63. The highest BCUT2D eigenvalue weighted by Gasteiger charge is 2.18. The molecular weight excluding hydrogens is 188 g/mol. The van der Waals surface area contributed by atoms with Gasteiger partial charge in [-0.2, -0.15) is 0 Å². The molecule has 2 rings (SSSR count). The number of fused-ring (bicyclic) bond motifs is 1. The Morgan fingerprint density at radius 2 is 2.07 bits per heavy atom.